The number of rotatable bonds is 9. The highest BCUT2D eigenvalue weighted by molar-refractivity contribution is 7.71. The Kier molecular flexibility index (Phi) is 7.25. The maximum Gasteiger partial charge on any atom is 0.246 e. The van der Waals surface area contributed by atoms with Gasteiger partial charge in [0.1, 0.15) is 12.3 Å². The highest BCUT2D eigenvalue weighted by Gasteiger charge is 2.14. The zero-order valence-corrected chi connectivity index (χ0v) is 18.8. The fourth-order valence-corrected chi connectivity index (χ4v) is 3.62. The van der Waals surface area contributed by atoms with Crippen LogP contribution in [0, 0.1) is 18.6 Å². The Morgan fingerprint density at radius 2 is 1.94 bits per heavy atom. The largest absolute Gasteiger partial charge is 0.497 e. The van der Waals surface area contributed by atoms with Gasteiger partial charge in [-0.1, -0.05) is 30.3 Å². The van der Waals surface area contributed by atoms with Gasteiger partial charge in [0, 0.05) is 24.0 Å². The van der Waals surface area contributed by atoms with Gasteiger partial charge in [0.25, 0.3) is 0 Å². The van der Waals surface area contributed by atoms with Gasteiger partial charge in [-0.05, 0) is 49.3 Å². The van der Waals surface area contributed by atoms with E-state index in [1.54, 1.807) is 25.3 Å². The van der Waals surface area contributed by atoms with Crippen LogP contribution in [0.25, 0.3) is 0 Å². The first kappa shape index (κ1) is 22.3. The van der Waals surface area contributed by atoms with E-state index < -0.39 is 0 Å². The van der Waals surface area contributed by atoms with E-state index in [2.05, 4.69) is 48.3 Å². The molecule has 2 aromatic carbocycles. The molecule has 0 atom stereocenters. The van der Waals surface area contributed by atoms with Crippen LogP contribution < -0.4 is 15.4 Å². The number of carbonyl (C=O) groups excluding carboxylic acids is 1. The van der Waals surface area contributed by atoms with Gasteiger partial charge in [-0.25, -0.2) is 4.68 Å². The second-order valence-electron chi connectivity index (χ2n) is 7.16. The van der Waals surface area contributed by atoms with E-state index in [-0.39, 0.29) is 12.5 Å². The molecule has 0 unspecified atom stereocenters. The summed E-state index contributed by atoms with van der Waals surface area (Å²) in [7, 11) is 1.58. The highest BCUT2D eigenvalue weighted by atomic mass is 32.1. The molecular formula is C23H27N5O2S. The number of methoxy groups -OCH3 is 1. The smallest absolute Gasteiger partial charge is 0.246 e. The minimum Gasteiger partial charge on any atom is -0.497 e. The summed E-state index contributed by atoms with van der Waals surface area (Å²) < 4.78 is 9.08. The summed E-state index contributed by atoms with van der Waals surface area (Å²) in [5.41, 5.74) is 4.04. The van der Waals surface area contributed by atoms with Gasteiger partial charge in [-0.2, -0.15) is 5.10 Å². The van der Waals surface area contributed by atoms with E-state index in [9.17, 15) is 4.79 Å². The number of aryl methyl sites for hydroxylation is 2. The highest BCUT2D eigenvalue weighted by Crippen LogP contribution is 2.20. The molecule has 31 heavy (non-hydrogen) atoms. The molecule has 0 radical (unpaired) electrons. The van der Waals surface area contributed by atoms with Crippen molar-refractivity contribution >= 4 is 29.5 Å². The lowest BCUT2D eigenvalue weighted by atomic mass is 10.1. The third-order valence-corrected chi connectivity index (χ3v) is 5.29. The SMILES string of the molecule is C=CCn1c(CNc2c(C)cccc2C)nn(CC(=O)Nc2cccc(OC)c2)c1=S. The first-order chi connectivity index (χ1) is 14.9. The normalized spacial score (nSPS) is 10.5. The Morgan fingerprint density at radius 3 is 2.61 bits per heavy atom. The average molecular weight is 438 g/mol. The summed E-state index contributed by atoms with van der Waals surface area (Å²) in [4.78, 5) is 12.6. The van der Waals surface area contributed by atoms with E-state index in [0.717, 1.165) is 22.6 Å². The molecule has 0 saturated heterocycles. The average Bonchev–Trinajstić information content (AvgIpc) is 3.03. The molecule has 3 aromatic rings. The zero-order valence-electron chi connectivity index (χ0n) is 18.0. The number of anilines is 2. The quantitative estimate of drug-likeness (QED) is 0.382. The molecule has 1 heterocycles. The van der Waals surface area contributed by atoms with Gasteiger partial charge in [0.15, 0.2) is 10.6 Å². The van der Waals surface area contributed by atoms with Crippen LogP contribution >= 0.6 is 12.2 Å². The van der Waals surface area contributed by atoms with Gasteiger partial charge < -0.3 is 15.4 Å². The maximum atomic E-state index is 12.6. The lowest BCUT2D eigenvalue weighted by Gasteiger charge is -2.12. The second kappa shape index (κ2) is 10.1. The van der Waals surface area contributed by atoms with Crippen molar-refractivity contribution in [1.82, 2.24) is 14.3 Å². The molecule has 0 aliphatic heterocycles. The summed E-state index contributed by atoms with van der Waals surface area (Å²) in [5, 5.41) is 10.9. The van der Waals surface area contributed by atoms with Gasteiger partial charge >= 0.3 is 0 Å². The van der Waals surface area contributed by atoms with Crippen LogP contribution in [-0.4, -0.2) is 27.4 Å². The molecule has 0 saturated carbocycles. The molecular weight excluding hydrogens is 410 g/mol. The van der Waals surface area contributed by atoms with E-state index in [4.69, 9.17) is 17.0 Å². The Balaban J connectivity index is 1.77. The lowest BCUT2D eigenvalue weighted by molar-refractivity contribution is -0.116. The summed E-state index contributed by atoms with van der Waals surface area (Å²) in [6.45, 7) is 8.94. The third-order valence-electron chi connectivity index (χ3n) is 4.86. The van der Waals surface area contributed by atoms with E-state index in [1.807, 2.05) is 22.8 Å². The van der Waals surface area contributed by atoms with Gasteiger partial charge in [0.2, 0.25) is 5.91 Å². The Morgan fingerprint density at radius 1 is 1.23 bits per heavy atom. The number of nitrogens with one attached hydrogen (secondary N) is 2. The number of para-hydroxylation sites is 1. The molecule has 0 bridgehead atoms. The van der Waals surface area contributed by atoms with Crippen molar-refractivity contribution in [2.75, 3.05) is 17.7 Å². The van der Waals surface area contributed by atoms with Crippen LogP contribution in [0.5, 0.6) is 5.75 Å². The van der Waals surface area contributed by atoms with Crippen LogP contribution in [0.4, 0.5) is 11.4 Å². The van der Waals surface area contributed by atoms with Crippen LogP contribution in [0.3, 0.4) is 0 Å². The zero-order chi connectivity index (χ0) is 22.4. The van der Waals surface area contributed by atoms with Gasteiger partial charge in [-0.3, -0.25) is 9.36 Å². The Bertz CT molecular complexity index is 1130. The van der Waals surface area contributed by atoms with Crippen molar-refractivity contribution < 1.29 is 9.53 Å². The molecule has 162 valence electrons. The van der Waals surface area contributed by atoms with Crippen molar-refractivity contribution in [3.8, 4) is 5.75 Å². The third kappa shape index (κ3) is 5.40. The molecule has 7 nitrogen and oxygen atoms in total. The standard InChI is InChI=1S/C23H27N5O2S/c1-5-12-27-20(14-24-22-16(2)8-6-9-17(22)3)26-28(23(27)31)15-21(29)25-18-10-7-11-19(13-18)30-4/h5-11,13,24H,1,12,14-15H2,2-4H3,(H,25,29). The predicted octanol–water partition coefficient (Wildman–Crippen LogP) is 4.48. The number of nitrogens with zero attached hydrogens (tertiary/aromatic N) is 3. The summed E-state index contributed by atoms with van der Waals surface area (Å²) in [6.07, 6.45) is 1.76. The van der Waals surface area contributed by atoms with Crippen molar-refractivity contribution in [1.29, 1.82) is 0 Å². The van der Waals surface area contributed by atoms with E-state index in [0.29, 0.717) is 29.3 Å². The maximum absolute atomic E-state index is 12.6. The van der Waals surface area contributed by atoms with Crippen LogP contribution in [-0.2, 0) is 24.4 Å². The molecule has 8 heteroatoms. The van der Waals surface area contributed by atoms with Crippen molar-refractivity contribution in [3.05, 3.63) is 76.8 Å². The number of aromatic nitrogens is 3. The van der Waals surface area contributed by atoms with Crippen molar-refractivity contribution in [2.45, 2.75) is 33.5 Å². The number of hydrogen-bond acceptors (Lipinski definition) is 5. The molecule has 0 spiro atoms. The molecule has 1 aromatic heterocycles. The van der Waals surface area contributed by atoms with Gasteiger partial charge in [0.05, 0.1) is 13.7 Å². The predicted molar refractivity (Wildman–Crippen MR) is 126 cm³/mol. The molecule has 0 aliphatic carbocycles. The molecule has 3 rings (SSSR count). The van der Waals surface area contributed by atoms with Crippen molar-refractivity contribution in [3.63, 3.8) is 0 Å². The molecule has 0 aliphatic rings. The monoisotopic (exact) mass is 437 g/mol. The minimum atomic E-state index is -0.220. The van der Waals surface area contributed by atoms with E-state index in [1.165, 1.54) is 4.68 Å². The fourth-order valence-electron chi connectivity index (χ4n) is 3.33. The van der Waals surface area contributed by atoms with Crippen molar-refractivity contribution in [2.24, 2.45) is 0 Å². The Labute approximate surface area is 187 Å². The summed E-state index contributed by atoms with van der Waals surface area (Å²) in [5.74, 6) is 1.19. The first-order valence-corrected chi connectivity index (χ1v) is 10.3. The number of ether oxygens (including phenoxy) is 1. The van der Waals surface area contributed by atoms with Crippen LogP contribution in [0.15, 0.2) is 55.1 Å². The van der Waals surface area contributed by atoms with Gasteiger partial charge in [-0.15, -0.1) is 6.58 Å². The number of carbonyl (C=O) groups is 1. The second-order valence-corrected chi connectivity index (χ2v) is 7.52. The number of amides is 1. The topological polar surface area (TPSA) is 73.1 Å². The summed E-state index contributed by atoms with van der Waals surface area (Å²) >= 11 is 5.57. The first-order valence-electron chi connectivity index (χ1n) is 9.94. The summed E-state index contributed by atoms with van der Waals surface area (Å²) in [6, 6.07) is 13.3. The number of allylic oxidation sites excluding steroid dienone is 1. The Hall–Kier alpha value is -3.39. The van der Waals surface area contributed by atoms with Crippen LogP contribution in [0.2, 0.25) is 0 Å². The van der Waals surface area contributed by atoms with E-state index >= 15 is 0 Å². The fraction of sp³-hybridized carbons (Fsp3) is 0.261. The molecule has 2 N–H and O–H groups in total. The minimum absolute atomic E-state index is 0.0105. The van der Waals surface area contributed by atoms with Crippen LogP contribution in [0.1, 0.15) is 17.0 Å². The molecule has 1 amide bonds. The number of hydrogen-bond donors (Lipinski definition) is 2. The number of benzene rings is 2. The molecule has 0 fully saturated rings. The lowest BCUT2D eigenvalue weighted by Crippen LogP contribution is -2.20.